The van der Waals surface area contributed by atoms with Crippen LogP contribution in [0.3, 0.4) is 0 Å². The van der Waals surface area contributed by atoms with Crippen LogP contribution in [-0.4, -0.2) is 42.2 Å². The van der Waals surface area contributed by atoms with Crippen molar-refractivity contribution in [3.63, 3.8) is 0 Å². The second-order valence-electron chi connectivity index (χ2n) is 4.77. The lowest BCUT2D eigenvalue weighted by atomic mass is 9.89. The van der Waals surface area contributed by atoms with E-state index in [0.717, 1.165) is 18.2 Å². The Balaban J connectivity index is 2.45. The van der Waals surface area contributed by atoms with Crippen molar-refractivity contribution < 1.29 is 18.7 Å². The van der Waals surface area contributed by atoms with E-state index in [1.54, 1.807) is 4.90 Å². The maximum Gasteiger partial charge on any atom is 0.328 e. The van der Waals surface area contributed by atoms with Crippen molar-refractivity contribution in [1.29, 1.82) is 0 Å². The van der Waals surface area contributed by atoms with E-state index in [4.69, 9.17) is 0 Å². The number of carboxylic acid groups (broad SMARTS) is 1. The van der Waals surface area contributed by atoms with Crippen LogP contribution in [-0.2, 0) is 10.3 Å². The highest BCUT2D eigenvalue weighted by molar-refractivity contribution is 5.80. The Labute approximate surface area is 110 Å². The van der Waals surface area contributed by atoms with Crippen LogP contribution in [0.4, 0.5) is 8.78 Å². The fraction of sp³-hybridized carbons (Fsp3) is 0.462. The minimum Gasteiger partial charge on any atom is -0.480 e. The lowest BCUT2D eigenvalue weighted by Gasteiger charge is -2.40. The third kappa shape index (κ3) is 2.59. The molecule has 0 amide bonds. The van der Waals surface area contributed by atoms with Crippen molar-refractivity contribution in [2.45, 2.75) is 12.5 Å². The van der Waals surface area contributed by atoms with Gasteiger partial charge in [0.05, 0.1) is 0 Å². The molecule has 1 unspecified atom stereocenters. The van der Waals surface area contributed by atoms with Crippen LogP contribution in [0, 0.1) is 11.6 Å². The molecule has 19 heavy (non-hydrogen) atoms. The summed E-state index contributed by atoms with van der Waals surface area (Å²) in [6.07, 6.45) is 0. The van der Waals surface area contributed by atoms with Gasteiger partial charge in [-0.15, -0.1) is 0 Å². The fourth-order valence-corrected chi connectivity index (χ4v) is 2.39. The van der Waals surface area contributed by atoms with Gasteiger partial charge in [-0.3, -0.25) is 4.90 Å². The summed E-state index contributed by atoms with van der Waals surface area (Å²) >= 11 is 0. The molecule has 2 rings (SSSR count). The SMILES string of the molecule is CC(C(=O)O)(c1cc(F)cc(F)c1)N1CCNCC1. The van der Waals surface area contributed by atoms with Crippen LogP contribution < -0.4 is 5.32 Å². The average Bonchev–Trinajstić information content (AvgIpc) is 2.37. The second-order valence-corrected chi connectivity index (χ2v) is 4.77. The Hall–Kier alpha value is -1.53. The predicted molar refractivity (Wildman–Crippen MR) is 65.8 cm³/mol. The summed E-state index contributed by atoms with van der Waals surface area (Å²) < 4.78 is 26.7. The summed E-state index contributed by atoms with van der Waals surface area (Å²) in [6, 6.07) is 2.90. The first-order valence-corrected chi connectivity index (χ1v) is 6.10. The number of benzene rings is 1. The third-order valence-corrected chi connectivity index (χ3v) is 3.59. The summed E-state index contributed by atoms with van der Waals surface area (Å²) in [5.41, 5.74) is -1.30. The first-order valence-electron chi connectivity index (χ1n) is 6.10. The second kappa shape index (κ2) is 5.22. The smallest absolute Gasteiger partial charge is 0.328 e. The van der Waals surface area contributed by atoms with Gasteiger partial charge < -0.3 is 10.4 Å². The number of hydrogen-bond donors (Lipinski definition) is 2. The molecule has 0 saturated carbocycles. The van der Waals surface area contributed by atoms with Crippen molar-refractivity contribution in [2.24, 2.45) is 0 Å². The Morgan fingerprint density at radius 3 is 2.26 bits per heavy atom. The highest BCUT2D eigenvalue weighted by Gasteiger charge is 2.42. The van der Waals surface area contributed by atoms with Crippen molar-refractivity contribution in [1.82, 2.24) is 10.2 Å². The highest BCUT2D eigenvalue weighted by atomic mass is 19.1. The number of nitrogens with zero attached hydrogens (tertiary/aromatic N) is 1. The Morgan fingerprint density at radius 1 is 1.26 bits per heavy atom. The largest absolute Gasteiger partial charge is 0.480 e. The zero-order chi connectivity index (χ0) is 14.0. The standard InChI is InChI=1S/C13H16F2N2O2/c1-13(12(18)19,17-4-2-16-3-5-17)9-6-10(14)8-11(15)7-9/h6-8,16H,2-5H2,1H3,(H,18,19). The number of aliphatic carboxylic acids is 1. The minimum absolute atomic E-state index is 0.124. The van der Waals surface area contributed by atoms with Crippen LogP contribution >= 0.6 is 0 Å². The van der Waals surface area contributed by atoms with Crippen LogP contribution in [0.5, 0.6) is 0 Å². The molecular formula is C13H16F2N2O2. The summed E-state index contributed by atoms with van der Waals surface area (Å²) in [7, 11) is 0. The maximum atomic E-state index is 13.3. The molecule has 4 nitrogen and oxygen atoms in total. The number of rotatable bonds is 3. The molecular weight excluding hydrogens is 254 g/mol. The summed E-state index contributed by atoms with van der Waals surface area (Å²) in [6.45, 7) is 3.82. The number of piperazine rings is 1. The van der Waals surface area contributed by atoms with Gasteiger partial charge in [0.15, 0.2) is 0 Å². The van der Waals surface area contributed by atoms with Crippen molar-refractivity contribution in [3.05, 3.63) is 35.4 Å². The van der Waals surface area contributed by atoms with Gasteiger partial charge in [-0.05, 0) is 24.6 Å². The van der Waals surface area contributed by atoms with E-state index in [-0.39, 0.29) is 5.56 Å². The molecule has 104 valence electrons. The van der Waals surface area contributed by atoms with E-state index < -0.39 is 23.1 Å². The Bertz CT molecular complexity index is 469. The average molecular weight is 270 g/mol. The molecule has 1 fully saturated rings. The fourth-order valence-electron chi connectivity index (χ4n) is 2.39. The molecule has 1 aromatic carbocycles. The van der Waals surface area contributed by atoms with Gasteiger partial charge in [-0.2, -0.15) is 0 Å². The molecule has 1 saturated heterocycles. The first kappa shape index (κ1) is 13.9. The van der Waals surface area contributed by atoms with Crippen LogP contribution in [0.1, 0.15) is 12.5 Å². The first-order chi connectivity index (χ1) is 8.94. The third-order valence-electron chi connectivity index (χ3n) is 3.59. The quantitative estimate of drug-likeness (QED) is 0.865. The van der Waals surface area contributed by atoms with Crippen molar-refractivity contribution in [2.75, 3.05) is 26.2 Å². The summed E-state index contributed by atoms with van der Waals surface area (Å²) in [5, 5.41) is 12.6. The number of carboxylic acids is 1. The van der Waals surface area contributed by atoms with Crippen LogP contribution in [0.25, 0.3) is 0 Å². The van der Waals surface area contributed by atoms with Gasteiger partial charge in [0.2, 0.25) is 0 Å². The molecule has 1 aromatic rings. The molecule has 0 aromatic heterocycles. The number of halogens is 2. The van der Waals surface area contributed by atoms with Gasteiger partial charge in [0, 0.05) is 32.2 Å². The van der Waals surface area contributed by atoms with Gasteiger partial charge in [-0.1, -0.05) is 0 Å². The van der Waals surface area contributed by atoms with Gasteiger partial charge in [-0.25, -0.2) is 13.6 Å². The normalized spacial score (nSPS) is 19.9. The maximum absolute atomic E-state index is 13.3. The highest BCUT2D eigenvalue weighted by Crippen LogP contribution is 2.30. The number of carbonyl (C=O) groups is 1. The summed E-state index contributed by atoms with van der Waals surface area (Å²) in [5.74, 6) is -2.64. The van der Waals surface area contributed by atoms with Gasteiger partial charge >= 0.3 is 5.97 Å². The number of hydrogen-bond acceptors (Lipinski definition) is 3. The topological polar surface area (TPSA) is 52.6 Å². The van der Waals surface area contributed by atoms with E-state index >= 15 is 0 Å². The van der Waals surface area contributed by atoms with Crippen molar-refractivity contribution in [3.8, 4) is 0 Å². The Kier molecular flexibility index (Phi) is 3.82. The molecule has 0 bridgehead atoms. The minimum atomic E-state index is -1.43. The predicted octanol–water partition coefficient (Wildman–Crippen LogP) is 1.17. The van der Waals surface area contributed by atoms with Crippen molar-refractivity contribution >= 4 is 5.97 Å². The van der Waals surface area contributed by atoms with Gasteiger partial charge in [0.25, 0.3) is 0 Å². The molecule has 0 spiro atoms. The molecule has 0 aliphatic carbocycles. The molecule has 2 N–H and O–H groups in total. The monoisotopic (exact) mass is 270 g/mol. The van der Waals surface area contributed by atoms with Crippen LogP contribution in [0.15, 0.2) is 18.2 Å². The molecule has 0 radical (unpaired) electrons. The van der Waals surface area contributed by atoms with Gasteiger partial charge in [0.1, 0.15) is 17.2 Å². The van der Waals surface area contributed by atoms with E-state index in [1.165, 1.54) is 6.92 Å². The molecule has 6 heteroatoms. The molecule has 1 aliphatic rings. The molecule has 1 atom stereocenters. The zero-order valence-corrected chi connectivity index (χ0v) is 10.6. The van der Waals surface area contributed by atoms with E-state index in [0.29, 0.717) is 26.2 Å². The molecule has 1 heterocycles. The molecule has 1 aliphatic heterocycles. The summed E-state index contributed by atoms with van der Waals surface area (Å²) in [4.78, 5) is 13.4. The van der Waals surface area contributed by atoms with E-state index in [1.807, 2.05) is 0 Å². The van der Waals surface area contributed by atoms with E-state index in [2.05, 4.69) is 5.32 Å². The lowest BCUT2D eigenvalue weighted by Crippen LogP contribution is -2.56. The lowest BCUT2D eigenvalue weighted by molar-refractivity contribution is -0.151. The Morgan fingerprint density at radius 2 is 1.79 bits per heavy atom. The number of nitrogens with one attached hydrogen (secondary N) is 1. The van der Waals surface area contributed by atoms with E-state index in [9.17, 15) is 18.7 Å². The van der Waals surface area contributed by atoms with Crippen LogP contribution in [0.2, 0.25) is 0 Å². The zero-order valence-electron chi connectivity index (χ0n) is 10.6.